The highest BCUT2D eigenvalue weighted by Gasteiger charge is 2.14. The molecular weight excluding hydrogens is 317 g/mol. The number of hydrogen-bond donors (Lipinski definition) is 0. The Labute approximate surface area is 145 Å². The molecule has 5 heteroatoms. The Bertz CT molecular complexity index is 1000. The summed E-state index contributed by atoms with van der Waals surface area (Å²) in [6.07, 6.45) is 1.70. The summed E-state index contributed by atoms with van der Waals surface area (Å²) in [6, 6.07) is 10.5. The first-order valence-corrected chi connectivity index (χ1v) is 7.91. The Morgan fingerprint density at radius 1 is 1.16 bits per heavy atom. The van der Waals surface area contributed by atoms with E-state index in [2.05, 4.69) is 11.1 Å². The van der Waals surface area contributed by atoms with Crippen LogP contribution >= 0.6 is 0 Å². The predicted octanol–water partition coefficient (Wildman–Crippen LogP) is 5.07. The normalized spacial score (nSPS) is 11.2. The van der Waals surface area contributed by atoms with Gasteiger partial charge in [0.05, 0.1) is 0 Å². The van der Waals surface area contributed by atoms with Crippen molar-refractivity contribution in [1.29, 1.82) is 5.26 Å². The SMILES string of the molecule is Cc1oc(N=Cc2cc(C)n(-c3ccc(F)cc3)c2C)c(C#N)c1C. The number of nitrogens with zero attached hydrogens (tertiary/aromatic N) is 3. The molecule has 126 valence electrons. The quantitative estimate of drug-likeness (QED) is 0.628. The third kappa shape index (κ3) is 2.99. The van der Waals surface area contributed by atoms with Gasteiger partial charge in [-0.05, 0) is 58.0 Å². The molecule has 0 aliphatic carbocycles. The number of hydrogen-bond acceptors (Lipinski definition) is 3. The summed E-state index contributed by atoms with van der Waals surface area (Å²) in [4.78, 5) is 4.36. The summed E-state index contributed by atoms with van der Waals surface area (Å²) >= 11 is 0. The molecule has 3 rings (SSSR count). The van der Waals surface area contributed by atoms with E-state index in [1.807, 2.05) is 38.3 Å². The first-order valence-electron chi connectivity index (χ1n) is 7.91. The number of nitriles is 1. The van der Waals surface area contributed by atoms with Crippen LogP contribution in [0.15, 0.2) is 39.7 Å². The van der Waals surface area contributed by atoms with Crippen LogP contribution in [-0.4, -0.2) is 10.8 Å². The van der Waals surface area contributed by atoms with E-state index in [9.17, 15) is 9.65 Å². The summed E-state index contributed by atoms with van der Waals surface area (Å²) < 4.78 is 20.8. The van der Waals surface area contributed by atoms with E-state index in [-0.39, 0.29) is 5.82 Å². The van der Waals surface area contributed by atoms with Crippen LogP contribution in [-0.2, 0) is 0 Å². The summed E-state index contributed by atoms with van der Waals surface area (Å²) in [7, 11) is 0. The van der Waals surface area contributed by atoms with Gasteiger partial charge in [-0.3, -0.25) is 0 Å². The van der Waals surface area contributed by atoms with Crippen LogP contribution in [0.5, 0.6) is 0 Å². The second kappa shape index (κ2) is 6.40. The minimum Gasteiger partial charge on any atom is -0.442 e. The van der Waals surface area contributed by atoms with Gasteiger partial charge < -0.3 is 8.98 Å². The van der Waals surface area contributed by atoms with Crippen LogP contribution in [0.2, 0.25) is 0 Å². The number of aryl methyl sites for hydroxylation is 2. The molecule has 1 aromatic carbocycles. The van der Waals surface area contributed by atoms with Crippen molar-refractivity contribution in [2.75, 3.05) is 0 Å². The van der Waals surface area contributed by atoms with Gasteiger partial charge in [0.25, 0.3) is 0 Å². The molecule has 0 spiro atoms. The van der Waals surface area contributed by atoms with Gasteiger partial charge in [0.1, 0.15) is 23.2 Å². The molecule has 2 heterocycles. The van der Waals surface area contributed by atoms with Crippen molar-refractivity contribution in [3.8, 4) is 11.8 Å². The standard InChI is InChI=1S/C20H18FN3O/c1-12-9-16(11-23-20-19(10-22)13(2)15(4)25-20)14(3)24(12)18-7-5-17(21)6-8-18/h5-9,11H,1-4H3. The zero-order valence-corrected chi connectivity index (χ0v) is 14.6. The maximum absolute atomic E-state index is 13.2. The highest BCUT2D eigenvalue weighted by molar-refractivity contribution is 5.84. The van der Waals surface area contributed by atoms with Gasteiger partial charge in [0, 0.05) is 34.4 Å². The van der Waals surface area contributed by atoms with Crippen LogP contribution in [0.1, 0.15) is 33.8 Å². The number of aromatic nitrogens is 1. The molecule has 0 unspecified atom stereocenters. The van der Waals surface area contributed by atoms with E-state index >= 15 is 0 Å². The largest absolute Gasteiger partial charge is 0.442 e. The van der Waals surface area contributed by atoms with Gasteiger partial charge >= 0.3 is 0 Å². The molecule has 0 aliphatic heterocycles. The number of furan rings is 1. The van der Waals surface area contributed by atoms with Crippen LogP contribution < -0.4 is 0 Å². The molecule has 0 fully saturated rings. The predicted molar refractivity (Wildman–Crippen MR) is 95.4 cm³/mol. The van der Waals surface area contributed by atoms with Crippen molar-refractivity contribution in [3.05, 3.63) is 70.0 Å². The number of halogens is 1. The van der Waals surface area contributed by atoms with E-state index < -0.39 is 0 Å². The Hall–Kier alpha value is -3.13. The van der Waals surface area contributed by atoms with Gasteiger partial charge in [-0.15, -0.1) is 0 Å². The second-order valence-electron chi connectivity index (χ2n) is 5.97. The third-order valence-electron chi connectivity index (χ3n) is 4.35. The maximum atomic E-state index is 13.2. The van der Waals surface area contributed by atoms with Crippen LogP contribution in [0.4, 0.5) is 10.3 Å². The summed E-state index contributed by atoms with van der Waals surface area (Å²) in [5, 5.41) is 9.27. The Morgan fingerprint density at radius 3 is 2.48 bits per heavy atom. The monoisotopic (exact) mass is 335 g/mol. The first-order chi connectivity index (χ1) is 11.9. The minimum atomic E-state index is -0.263. The van der Waals surface area contributed by atoms with Gasteiger partial charge in [-0.2, -0.15) is 5.26 Å². The van der Waals surface area contributed by atoms with Crippen molar-refractivity contribution in [2.24, 2.45) is 4.99 Å². The van der Waals surface area contributed by atoms with Gasteiger partial charge in [-0.25, -0.2) is 9.38 Å². The van der Waals surface area contributed by atoms with Crippen LogP contribution in [0, 0.1) is 44.8 Å². The Kier molecular flexibility index (Phi) is 4.28. The molecule has 0 aliphatic rings. The lowest BCUT2D eigenvalue weighted by Gasteiger charge is -2.09. The third-order valence-corrected chi connectivity index (χ3v) is 4.35. The zero-order valence-electron chi connectivity index (χ0n) is 14.6. The molecule has 3 aromatic rings. The van der Waals surface area contributed by atoms with Crippen molar-refractivity contribution in [3.63, 3.8) is 0 Å². The minimum absolute atomic E-state index is 0.263. The lowest BCUT2D eigenvalue weighted by atomic mass is 10.2. The second-order valence-corrected chi connectivity index (χ2v) is 5.97. The van der Waals surface area contributed by atoms with E-state index in [1.54, 1.807) is 18.3 Å². The van der Waals surface area contributed by atoms with E-state index in [1.165, 1.54) is 12.1 Å². The van der Waals surface area contributed by atoms with Crippen LogP contribution in [0.3, 0.4) is 0 Å². The number of rotatable bonds is 3. The highest BCUT2D eigenvalue weighted by Crippen LogP contribution is 2.28. The van der Waals surface area contributed by atoms with Gasteiger partial charge in [-0.1, -0.05) is 0 Å². The van der Waals surface area contributed by atoms with Crippen molar-refractivity contribution < 1.29 is 8.81 Å². The molecule has 0 radical (unpaired) electrons. The fourth-order valence-corrected chi connectivity index (χ4v) is 2.87. The zero-order chi connectivity index (χ0) is 18.1. The summed E-state index contributed by atoms with van der Waals surface area (Å²) in [6.45, 7) is 7.61. The molecule has 0 N–H and O–H groups in total. The highest BCUT2D eigenvalue weighted by atomic mass is 19.1. The molecule has 0 atom stereocenters. The fourth-order valence-electron chi connectivity index (χ4n) is 2.87. The lowest BCUT2D eigenvalue weighted by molar-refractivity contribution is 0.542. The first kappa shape index (κ1) is 16.7. The molecule has 0 amide bonds. The summed E-state index contributed by atoms with van der Waals surface area (Å²) in [5.74, 6) is 0.755. The number of benzene rings is 1. The Balaban J connectivity index is 2.00. The maximum Gasteiger partial charge on any atom is 0.237 e. The molecule has 0 saturated heterocycles. The smallest absolute Gasteiger partial charge is 0.237 e. The van der Waals surface area contributed by atoms with Crippen molar-refractivity contribution in [2.45, 2.75) is 27.7 Å². The molecule has 0 bridgehead atoms. The summed E-state index contributed by atoms with van der Waals surface area (Å²) in [5.41, 5.74) is 5.06. The molecular formula is C20H18FN3O. The average Bonchev–Trinajstić information content (AvgIpc) is 3.02. The fraction of sp³-hybridized carbons (Fsp3) is 0.200. The van der Waals surface area contributed by atoms with Crippen molar-refractivity contribution >= 4 is 12.1 Å². The molecule has 2 aromatic heterocycles. The molecule has 0 saturated carbocycles. The van der Waals surface area contributed by atoms with Gasteiger partial charge in [0.2, 0.25) is 5.88 Å². The van der Waals surface area contributed by atoms with Gasteiger partial charge in [0.15, 0.2) is 0 Å². The molecule has 25 heavy (non-hydrogen) atoms. The topological polar surface area (TPSA) is 54.2 Å². The number of aliphatic imine (C=N–C) groups is 1. The van der Waals surface area contributed by atoms with E-state index in [0.717, 1.165) is 28.2 Å². The molecule has 4 nitrogen and oxygen atoms in total. The Morgan fingerprint density at radius 2 is 1.84 bits per heavy atom. The van der Waals surface area contributed by atoms with Crippen LogP contribution in [0.25, 0.3) is 5.69 Å². The average molecular weight is 335 g/mol. The van der Waals surface area contributed by atoms with E-state index in [4.69, 9.17) is 4.42 Å². The van der Waals surface area contributed by atoms with E-state index in [0.29, 0.717) is 17.2 Å². The lowest BCUT2D eigenvalue weighted by Crippen LogP contribution is -1.99. The van der Waals surface area contributed by atoms with Crippen molar-refractivity contribution in [1.82, 2.24) is 4.57 Å².